The molecule has 0 radical (unpaired) electrons. The molecule has 0 aromatic heterocycles. The molecule has 0 spiro atoms. The molecule has 6 atom stereocenters. The molecule has 3 rings (SSSR count). The third-order valence-electron chi connectivity index (χ3n) is 8.13. The summed E-state index contributed by atoms with van der Waals surface area (Å²) < 4.78 is 0. The maximum atomic E-state index is 12.5. The molecule has 3 saturated carbocycles. The van der Waals surface area contributed by atoms with Crippen molar-refractivity contribution in [2.75, 3.05) is 0 Å². The quantitative estimate of drug-likeness (QED) is 0.751. The first-order valence-corrected chi connectivity index (χ1v) is 8.83. The summed E-state index contributed by atoms with van der Waals surface area (Å²) in [7, 11) is 0. The second-order valence-electron chi connectivity index (χ2n) is 8.90. The Labute approximate surface area is 139 Å². The Balaban J connectivity index is 2.25. The number of aliphatic hydroxyl groups is 1. The highest BCUT2D eigenvalue weighted by atomic mass is 16.4. The second kappa shape index (κ2) is 4.72. The van der Waals surface area contributed by atoms with Crippen LogP contribution in [-0.2, 0) is 4.79 Å². The first-order valence-electron chi connectivity index (χ1n) is 8.83. The van der Waals surface area contributed by atoms with Crippen LogP contribution in [0.5, 0.6) is 0 Å². The summed E-state index contributed by atoms with van der Waals surface area (Å²) in [6, 6.07) is 0. The molecule has 2 N–H and O–H groups in total. The van der Waals surface area contributed by atoms with Gasteiger partial charge in [-0.25, -0.2) is 0 Å². The van der Waals surface area contributed by atoms with Gasteiger partial charge < -0.3 is 10.2 Å². The molecule has 3 aliphatic carbocycles. The predicted octanol–water partition coefficient (Wildman–Crippen LogP) is 4.18. The molecule has 3 nitrogen and oxygen atoms in total. The Morgan fingerprint density at radius 1 is 1.26 bits per heavy atom. The highest BCUT2D eigenvalue weighted by Gasteiger charge is 2.70. The van der Waals surface area contributed by atoms with Crippen LogP contribution in [0.25, 0.3) is 0 Å². The van der Waals surface area contributed by atoms with Gasteiger partial charge in [-0.15, -0.1) is 6.58 Å². The number of carboxylic acids is 1. The van der Waals surface area contributed by atoms with Gasteiger partial charge in [-0.3, -0.25) is 4.79 Å². The van der Waals surface area contributed by atoms with Crippen LogP contribution in [0.3, 0.4) is 0 Å². The molecule has 2 bridgehead atoms. The van der Waals surface area contributed by atoms with Gasteiger partial charge in [0.25, 0.3) is 0 Å². The summed E-state index contributed by atoms with van der Waals surface area (Å²) in [6.45, 7) is 14.7. The third kappa shape index (κ3) is 1.72. The van der Waals surface area contributed by atoms with Crippen LogP contribution < -0.4 is 0 Å². The van der Waals surface area contributed by atoms with E-state index in [1.807, 2.05) is 6.08 Å². The van der Waals surface area contributed by atoms with Crippen molar-refractivity contribution in [3.8, 4) is 0 Å². The Kier molecular flexibility index (Phi) is 3.44. The summed E-state index contributed by atoms with van der Waals surface area (Å²) in [6.07, 6.45) is 6.32. The van der Waals surface area contributed by atoms with Crippen LogP contribution in [0.2, 0.25) is 0 Å². The van der Waals surface area contributed by atoms with E-state index in [9.17, 15) is 15.0 Å². The molecule has 23 heavy (non-hydrogen) atoms. The first kappa shape index (κ1) is 16.8. The van der Waals surface area contributed by atoms with Crippen LogP contribution in [0, 0.1) is 27.6 Å². The number of hydrogen-bond acceptors (Lipinski definition) is 2. The zero-order valence-corrected chi connectivity index (χ0v) is 14.7. The molecule has 3 aliphatic rings. The van der Waals surface area contributed by atoms with E-state index in [-0.39, 0.29) is 16.7 Å². The fourth-order valence-electron chi connectivity index (χ4n) is 6.42. The van der Waals surface area contributed by atoms with Crippen molar-refractivity contribution < 1.29 is 15.0 Å². The summed E-state index contributed by atoms with van der Waals surface area (Å²) in [5.41, 5.74) is -0.911. The normalized spacial score (nSPS) is 52.6. The van der Waals surface area contributed by atoms with Crippen LogP contribution in [0.15, 0.2) is 24.8 Å². The summed E-state index contributed by atoms with van der Waals surface area (Å²) in [5, 5.41) is 21.0. The number of aliphatic carboxylic acids is 1. The Morgan fingerprint density at radius 3 is 2.48 bits per heavy atom. The van der Waals surface area contributed by atoms with Gasteiger partial charge in [0.15, 0.2) is 0 Å². The van der Waals surface area contributed by atoms with Crippen molar-refractivity contribution in [2.45, 2.75) is 65.4 Å². The van der Waals surface area contributed by atoms with E-state index in [0.717, 1.165) is 31.3 Å². The van der Waals surface area contributed by atoms with E-state index in [0.29, 0.717) is 12.8 Å². The van der Waals surface area contributed by atoms with Gasteiger partial charge in [-0.2, -0.15) is 0 Å². The molecule has 1 unspecified atom stereocenters. The van der Waals surface area contributed by atoms with Crippen LogP contribution >= 0.6 is 0 Å². The van der Waals surface area contributed by atoms with Gasteiger partial charge in [0, 0.05) is 5.41 Å². The summed E-state index contributed by atoms with van der Waals surface area (Å²) >= 11 is 0. The zero-order chi connectivity index (χ0) is 17.3. The molecule has 0 aromatic rings. The number of fused-ring (bicyclic) bond motifs is 4. The highest BCUT2D eigenvalue weighted by molar-refractivity contribution is 5.81. The smallest absolute Gasteiger partial charge is 0.314 e. The number of carboxylic acid groups (broad SMARTS) is 1. The van der Waals surface area contributed by atoms with Gasteiger partial charge in [0.2, 0.25) is 0 Å². The lowest BCUT2D eigenvalue weighted by molar-refractivity contribution is -0.197. The van der Waals surface area contributed by atoms with E-state index < -0.39 is 22.9 Å². The lowest BCUT2D eigenvalue weighted by atomic mass is 9.35. The largest absolute Gasteiger partial charge is 0.481 e. The lowest BCUT2D eigenvalue weighted by Gasteiger charge is -2.68. The number of carbonyl (C=O) groups is 1. The predicted molar refractivity (Wildman–Crippen MR) is 90.9 cm³/mol. The van der Waals surface area contributed by atoms with Gasteiger partial charge in [0.05, 0.1) is 11.5 Å². The molecule has 3 fully saturated rings. The minimum absolute atomic E-state index is 0.114. The SMILES string of the molecule is C=C[C@@]1(C)C2C[C@]3(C)CCC[C@@](C(=O)O)(C3=C)[C@@]2(C)CC[C@@H]1O. The van der Waals surface area contributed by atoms with E-state index >= 15 is 0 Å². The van der Waals surface area contributed by atoms with Crippen LogP contribution in [-0.4, -0.2) is 22.3 Å². The van der Waals surface area contributed by atoms with Gasteiger partial charge >= 0.3 is 5.97 Å². The van der Waals surface area contributed by atoms with Crippen molar-refractivity contribution >= 4 is 5.97 Å². The maximum Gasteiger partial charge on any atom is 0.314 e. The molecule has 0 aliphatic heterocycles. The van der Waals surface area contributed by atoms with Crippen molar-refractivity contribution in [3.63, 3.8) is 0 Å². The molecule has 0 amide bonds. The van der Waals surface area contributed by atoms with Gasteiger partial charge in [-0.05, 0) is 48.9 Å². The van der Waals surface area contributed by atoms with Crippen LogP contribution in [0.1, 0.15) is 59.3 Å². The fourth-order valence-corrected chi connectivity index (χ4v) is 6.42. The molecule has 0 saturated heterocycles. The lowest BCUT2D eigenvalue weighted by Crippen LogP contribution is -2.66. The summed E-state index contributed by atoms with van der Waals surface area (Å²) in [4.78, 5) is 12.5. The van der Waals surface area contributed by atoms with E-state index in [1.165, 1.54) is 0 Å². The molecular weight excluding hydrogens is 288 g/mol. The summed E-state index contributed by atoms with van der Waals surface area (Å²) in [5.74, 6) is -0.605. The Morgan fingerprint density at radius 2 is 1.91 bits per heavy atom. The average molecular weight is 318 g/mol. The molecule has 0 heterocycles. The zero-order valence-electron chi connectivity index (χ0n) is 14.7. The van der Waals surface area contributed by atoms with Crippen LogP contribution in [0.4, 0.5) is 0 Å². The Hall–Kier alpha value is -1.09. The average Bonchev–Trinajstić information content (AvgIpc) is 2.49. The fraction of sp³-hybridized carbons (Fsp3) is 0.750. The van der Waals surface area contributed by atoms with Gasteiger partial charge in [0.1, 0.15) is 0 Å². The maximum absolute atomic E-state index is 12.5. The number of aliphatic hydroxyl groups excluding tert-OH is 1. The standard InChI is InChI=1S/C20H30O3/c1-6-18(4)14-12-17(3)9-7-10-20(13(17)2,16(22)23)19(14,5)11-8-15(18)21/h6,14-15,21H,1-2,7-12H2,3-5H3,(H,22,23)/t14?,15-,17-,18-,19-,20-/m0/s1. The topological polar surface area (TPSA) is 57.5 Å². The minimum Gasteiger partial charge on any atom is -0.481 e. The van der Waals surface area contributed by atoms with Crippen molar-refractivity contribution in [3.05, 3.63) is 24.8 Å². The van der Waals surface area contributed by atoms with Crippen molar-refractivity contribution in [2.24, 2.45) is 27.6 Å². The van der Waals surface area contributed by atoms with Gasteiger partial charge in [-0.1, -0.05) is 45.4 Å². The molecule has 128 valence electrons. The Bertz CT molecular complexity index is 581. The monoisotopic (exact) mass is 318 g/mol. The third-order valence-corrected chi connectivity index (χ3v) is 8.13. The highest BCUT2D eigenvalue weighted by Crippen LogP contribution is 2.73. The van der Waals surface area contributed by atoms with Crippen molar-refractivity contribution in [1.29, 1.82) is 0 Å². The van der Waals surface area contributed by atoms with E-state index in [2.05, 4.69) is 33.9 Å². The second-order valence-corrected chi connectivity index (χ2v) is 8.90. The first-order chi connectivity index (χ1) is 10.6. The van der Waals surface area contributed by atoms with E-state index in [4.69, 9.17) is 0 Å². The molecule has 3 heteroatoms. The number of hydrogen-bond donors (Lipinski definition) is 2. The molecular formula is C20H30O3. The minimum atomic E-state index is -0.868. The van der Waals surface area contributed by atoms with Crippen molar-refractivity contribution in [1.82, 2.24) is 0 Å². The number of rotatable bonds is 2. The molecule has 0 aromatic carbocycles. The van der Waals surface area contributed by atoms with E-state index in [1.54, 1.807) is 0 Å².